The second-order valence-corrected chi connectivity index (χ2v) is 4.84. The van der Waals surface area contributed by atoms with Crippen molar-refractivity contribution in [1.29, 1.82) is 0 Å². The summed E-state index contributed by atoms with van der Waals surface area (Å²) < 4.78 is 29.5. The van der Waals surface area contributed by atoms with Crippen LogP contribution in [0, 0.1) is 5.92 Å². The van der Waals surface area contributed by atoms with Crippen molar-refractivity contribution in [2.45, 2.75) is 31.6 Å². The number of ether oxygens (including phenoxy) is 1. The Bertz CT molecular complexity index is 399. The van der Waals surface area contributed by atoms with Gasteiger partial charge in [0.2, 0.25) is 0 Å². The van der Waals surface area contributed by atoms with Crippen LogP contribution in [0.4, 0.5) is 8.78 Å². The smallest absolute Gasteiger partial charge is 0.266 e. The summed E-state index contributed by atoms with van der Waals surface area (Å²) in [6, 6.07) is 8.08. The van der Waals surface area contributed by atoms with Crippen molar-refractivity contribution in [1.82, 2.24) is 0 Å². The lowest BCUT2D eigenvalue weighted by molar-refractivity contribution is 0.350. The van der Waals surface area contributed by atoms with E-state index in [2.05, 4.69) is 12.1 Å². The van der Waals surface area contributed by atoms with Crippen LogP contribution in [0.25, 0.3) is 0 Å². The first-order valence-corrected chi connectivity index (χ1v) is 6.36. The van der Waals surface area contributed by atoms with Gasteiger partial charge < -0.3 is 4.74 Å². The van der Waals surface area contributed by atoms with E-state index in [9.17, 15) is 8.78 Å². The number of hydrogen-bond donors (Lipinski definition) is 0. The monoisotopic (exact) mass is 252 g/mol. The summed E-state index contributed by atoms with van der Waals surface area (Å²) in [6.07, 6.45) is 3.26. The van der Waals surface area contributed by atoms with Crippen molar-refractivity contribution in [3.8, 4) is 5.75 Å². The molecule has 0 spiro atoms. The zero-order chi connectivity index (χ0) is 13.0. The molecule has 1 aliphatic rings. The lowest BCUT2D eigenvalue weighted by Crippen LogP contribution is -2.11. The summed E-state index contributed by atoms with van der Waals surface area (Å²) in [6.45, 7) is 0. The van der Waals surface area contributed by atoms with Crippen molar-refractivity contribution in [2.24, 2.45) is 5.92 Å². The van der Waals surface area contributed by atoms with Crippen molar-refractivity contribution in [2.75, 3.05) is 7.11 Å². The van der Waals surface area contributed by atoms with E-state index in [1.54, 1.807) is 7.11 Å². The van der Waals surface area contributed by atoms with E-state index >= 15 is 0 Å². The predicted molar refractivity (Wildman–Crippen MR) is 68.0 cm³/mol. The van der Waals surface area contributed by atoms with E-state index in [0.29, 0.717) is 5.92 Å². The molecule has 1 aliphatic carbocycles. The van der Waals surface area contributed by atoms with Crippen LogP contribution in [-0.4, -0.2) is 7.11 Å². The minimum atomic E-state index is -1.54. The molecule has 0 radical (unpaired) electrons. The van der Waals surface area contributed by atoms with Gasteiger partial charge in [0.05, 0.1) is 7.11 Å². The van der Waals surface area contributed by atoms with Gasteiger partial charge in [-0.25, -0.2) is 0 Å². The zero-order valence-corrected chi connectivity index (χ0v) is 10.5. The zero-order valence-electron chi connectivity index (χ0n) is 10.5. The number of allylic oxidation sites excluding steroid dienone is 1. The predicted octanol–water partition coefficient (Wildman–Crippen LogP) is 4.75. The van der Waals surface area contributed by atoms with Gasteiger partial charge in [-0.3, -0.25) is 0 Å². The highest BCUT2D eigenvalue weighted by Crippen LogP contribution is 2.37. The molecule has 98 valence electrons. The molecule has 1 aromatic carbocycles. The first kappa shape index (κ1) is 13.1. The van der Waals surface area contributed by atoms with Crippen LogP contribution in [0.1, 0.15) is 37.2 Å². The van der Waals surface area contributed by atoms with E-state index in [4.69, 9.17) is 4.74 Å². The van der Waals surface area contributed by atoms with Crippen molar-refractivity contribution >= 4 is 0 Å². The Morgan fingerprint density at radius 2 is 1.72 bits per heavy atom. The Morgan fingerprint density at radius 3 is 2.22 bits per heavy atom. The van der Waals surface area contributed by atoms with Crippen LogP contribution < -0.4 is 4.74 Å². The molecule has 0 heterocycles. The maximum absolute atomic E-state index is 12.2. The quantitative estimate of drug-likeness (QED) is 0.754. The third-order valence-corrected chi connectivity index (χ3v) is 3.72. The summed E-state index contributed by atoms with van der Waals surface area (Å²) in [7, 11) is 1.65. The fourth-order valence-corrected chi connectivity index (χ4v) is 2.67. The SMILES string of the molecule is COc1ccc([C@H]2CC[C@H](C=C(F)F)CC2)cc1. The number of hydrogen-bond acceptors (Lipinski definition) is 1. The third-order valence-electron chi connectivity index (χ3n) is 3.72. The lowest BCUT2D eigenvalue weighted by Gasteiger charge is -2.26. The standard InChI is InChI=1S/C15H18F2O/c1-18-14-8-6-13(7-9-14)12-4-2-11(3-5-12)10-15(16)17/h6-12H,2-5H2,1H3/t11-,12-. The molecule has 0 amide bonds. The Hall–Kier alpha value is -1.38. The van der Waals surface area contributed by atoms with Gasteiger partial charge >= 0.3 is 0 Å². The Balaban J connectivity index is 1.94. The fraction of sp³-hybridized carbons (Fsp3) is 0.467. The highest BCUT2D eigenvalue weighted by Gasteiger charge is 2.21. The first-order valence-electron chi connectivity index (χ1n) is 6.36. The summed E-state index contributed by atoms with van der Waals surface area (Å²) in [4.78, 5) is 0. The molecular formula is C15H18F2O. The first-order chi connectivity index (χ1) is 8.69. The molecule has 0 bridgehead atoms. The van der Waals surface area contributed by atoms with Crippen LogP contribution >= 0.6 is 0 Å². The van der Waals surface area contributed by atoms with E-state index in [1.807, 2.05) is 12.1 Å². The normalized spacial score (nSPS) is 23.5. The van der Waals surface area contributed by atoms with Gasteiger partial charge in [0.15, 0.2) is 0 Å². The van der Waals surface area contributed by atoms with Crippen molar-refractivity contribution in [3.63, 3.8) is 0 Å². The van der Waals surface area contributed by atoms with E-state index in [0.717, 1.165) is 37.5 Å². The molecule has 0 aromatic heterocycles. The average Bonchev–Trinajstić information content (AvgIpc) is 2.39. The maximum atomic E-state index is 12.2. The number of halogens is 2. The van der Waals surface area contributed by atoms with Crippen LogP contribution in [0.15, 0.2) is 36.4 Å². The molecule has 1 fully saturated rings. The summed E-state index contributed by atoms with van der Waals surface area (Å²) in [5.41, 5.74) is 1.29. The van der Waals surface area contributed by atoms with Crippen LogP contribution in [0.3, 0.4) is 0 Å². The van der Waals surface area contributed by atoms with Crippen LogP contribution in [-0.2, 0) is 0 Å². The van der Waals surface area contributed by atoms with E-state index in [1.165, 1.54) is 5.56 Å². The van der Waals surface area contributed by atoms with Gasteiger partial charge in [0.25, 0.3) is 6.08 Å². The third kappa shape index (κ3) is 3.31. The average molecular weight is 252 g/mol. The van der Waals surface area contributed by atoms with Gasteiger partial charge in [-0.2, -0.15) is 8.78 Å². The Morgan fingerprint density at radius 1 is 1.11 bits per heavy atom. The molecule has 0 unspecified atom stereocenters. The molecule has 0 saturated heterocycles. The van der Waals surface area contributed by atoms with Gasteiger partial charge in [-0.1, -0.05) is 12.1 Å². The summed E-state index contributed by atoms with van der Waals surface area (Å²) in [5.74, 6) is 1.42. The largest absolute Gasteiger partial charge is 0.497 e. The Kier molecular flexibility index (Phi) is 4.34. The Labute approximate surface area is 106 Å². The maximum Gasteiger partial charge on any atom is 0.266 e. The molecular weight excluding hydrogens is 234 g/mol. The van der Waals surface area contributed by atoms with Crippen LogP contribution in [0.5, 0.6) is 5.75 Å². The van der Waals surface area contributed by atoms with Crippen molar-refractivity contribution in [3.05, 3.63) is 42.0 Å². The molecule has 18 heavy (non-hydrogen) atoms. The van der Waals surface area contributed by atoms with E-state index in [-0.39, 0.29) is 5.92 Å². The van der Waals surface area contributed by atoms with Crippen LogP contribution in [0.2, 0.25) is 0 Å². The molecule has 3 heteroatoms. The molecule has 2 rings (SSSR count). The second-order valence-electron chi connectivity index (χ2n) is 4.84. The molecule has 1 nitrogen and oxygen atoms in total. The number of rotatable bonds is 3. The number of methoxy groups -OCH3 is 1. The number of benzene rings is 1. The van der Waals surface area contributed by atoms with Crippen molar-refractivity contribution < 1.29 is 13.5 Å². The topological polar surface area (TPSA) is 9.23 Å². The molecule has 0 N–H and O–H groups in total. The van der Waals surface area contributed by atoms with Gasteiger partial charge in [0, 0.05) is 0 Å². The highest BCUT2D eigenvalue weighted by atomic mass is 19.3. The lowest BCUT2D eigenvalue weighted by atomic mass is 9.79. The summed E-state index contributed by atoms with van der Waals surface area (Å²) >= 11 is 0. The molecule has 0 aliphatic heterocycles. The summed E-state index contributed by atoms with van der Waals surface area (Å²) in [5, 5.41) is 0. The molecule has 1 saturated carbocycles. The molecule has 1 aromatic rings. The van der Waals surface area contributed by atoms with Gasteiger partial charge in [-0.15, -0.1) is 0 Å². The minimum Gasteiger partial charge on any atom is -0.497 e. The fourth-order valence-electron chi connectivity index (χ4n) is 2.67. The van der Waals surface area contributed by atoms with Gasteiger partial charge in [-0.05, 0) is 61.3 Å². The van der Waals surface area contributed by atoms with Gasteiger partial charge in [0.1, 0.15) is 5.75 Å². The van der Waals surface area contributed by atoms with E-state index < -0.39 is 6.08 Å². The minimum absolute atomic E-state index is 0.0597. The molecule has 0 atom stereocenters. The highest BCUT2D eigenvalue weighted by molar-refractivity contribution is 5.29. The second kappa shape index (κ2) is 5.98.